The fourth-order valence-corrected chi connectivity index (χ4v) is 2.82. The molecule has 1 aliphatic heterocycles. The zero-order valence-corrected chi connectivity index (χ0v) is 16.2. The van der Waals surface area contributed by atoms with Crippen LogP contribution in [0, 0.1) is 0 Å². The van der Waals surface area contributed by atoms with Gasteiger partial charge in [0.25, 0.3) is 5.91 Å². The molecule has 7 nitrogen and oxygen atoms in total. The molecule has 148 valence electrons. The van der Waals surface area contributed by atoms with Crippen molar-refractivity contribution >= 4 is 23.7 Å². The van der Waals surface area contributed by atoms with E-state index in [0.717, 1.165) is 24.1 Å². The maximum atomic E-state index is 12.4. The highest BCUT2D eigenvalue weighted by Crippen LogP contribution is 2.26. The van der Waals surface area contributed by atoms with E-state index in [1.54, 1.807) is 25.7 Å². The van der Waals surface area contributed by atoms with E-state index >= 15 is 0 Å². The highest BCUT2D eigenvalue weighted by atomic mass is 16.6. The second-order valence-electron chi connectivity index (χ2n) is 7.47. The fourth-order valence-electron chi connectivity index (χ4n) is 2.82. The van der Waals surface area contributed by atoms with Crippen LogP contribution in [-0.2, 0) is 25.5 Å². The Morgan fingerprint density at radius 2 is 1.93 bits per heavy atom. The fraction of sp³-hybridized carbons (Fsp3) is 0.550. The van der Waals surface area contributed by atoms with Crippen LogP contribution in [0.5, 0.6) is 0 Å². The van der Waals surface area contributed by atoms with Crippen molar-refractivity contribution in [2.24, 2.45) is 0 Å². The third-order valence-electron chi connectivity index (χ3n) is 3.99. The van der Waals surface area contributed by atoms with Crippen molar-refractivity contribution in [3.63, 3.8) is 0 Å². The molecular formula is C20H28N2O5. The van der Waals surface area contributed by atoms with Crippen molar-refractivity contribution in [2.45, 2.75) is 52.1 Å². The molecule has 2 amide bonds. The van der Waals surface area contributed by atoms with Gasteiger partial charge in [0.1, 0.15) is 5.60 Å². The lowest BCUT2D eigenvalue weighted by Crippen LogP contribution is -2.38. The molecule has 0 bridgehead atoms. The first-order valence-electron chi connectivity index (χ1n) is 9.27. The number of benzene rings is 1. The SMILES string of the molecule is CC(C)(C)OC(=O)NCCCC(=O)OCC(=O)N1CCCc2ccccc21. The van der Waals surface area contributed by atoms with Crippen molar-refractivity contribution in [3.05, 3.63) is 29.8 Å². The number of hydrogen-bond donors (Lipinski definition) is 1. The highest BCUT2D eigenvalue weighted by Gasteiger charge is 2.23. The molecule has 27 heavy (non-hydrogen) atoms. The number of aryl methyl sites for hydroxylation is 1. The summed E-state index contributed by atoms with van der Waals surface area (Å²) in [6, 6.07) is 7.78. The van der Waals surface area contributed by atoms with E-state index < -0.39 is 17.7 Å². The summed E-state index contributed by atoms with van der Waals surface area (Å²) in [6.45, 7) is 6.00. The minimum atomic E-state index is -0.559. The van der Waals surface area contributed by atoms with Gasteiger partial charge < -0.3 is 19.7 Å². The van der Waals surface area contributed by atoms with Gasteiger partial charge in [-0.05, 0) is 51.7 Å². The molecule has 0 aliphatic carbocycles. The standard InChI is InChI=1S/C20H28N2O5/c1-20(2,3)27-19(25)21-12-6-11-18(24)26-14-17(23)22-13-7-9-15-8-4-5-10-16(15)22/h4-5,8,10H,6-7,9,11-14H2,1-3H3,(H,21,25). The molecule has 0 atom stereocenters. The predicted octanol–water partition coefficient (Wildman–Crippen LogP) is 2.81. The van der Waals surface area contributed by atoms with E-state index in [0.29, 0.717) is 19.5 Å². The molecule has 0 unspecified atom stereocenters. The second-order valence-corrected chi connectivity index (χ2v) is 7.47. The molecule has 0 radical (unpaired) electrons. The van der Waals surface area contributed by atoms with Crippen LogP contribution in [0.25, 0.3) is 0 Å². The molecule has 0 fully saturated rings. The Labute approximate surface area is 160 Å². The van der Waals surface area contributed by atoms with Crippen molar-refractivity contribution in [3.8, 4) is 0 Å². The minimum Gasteiger partial charge on any atom is -0.456 e. The smallest absolute Gasteiger partial charge is 0.407 e. The number of fused-ring (bicyclic) bond motifs is 1. The van der Waals surface area contributed by atoms with Crippen LogP contribution < -0.4 is 10.2 Å². The zero-order valence-electron chi connectivity index (χ0n) is 16.2. The summed E-state index contributed by atoms with van der Waals surface area (Å²) < 4.78 is 10.2. The van der Waals surface area contributed by atoms with E-state index in [1.165, 1.54) is 0 Å². The first kappa shape index (κ1) is 20.7. The largest absolute Gasteiger partial charge is 0.456 e. The van der Waals surface area contributed by atoms with Gasteiger partial charge in [0.05, 0.1) is 0 Å². The third-order valence-corrected chi connectivity index (χ3v) is 3.99. The number of amides is 2. The number of hydrogen-bond acceptors (Lipinski definition) is 5. The van der Waals surface area contributed by atoms with E-state index in [1.807, 2.05) is 24.3 Å². The first-order valence-corrected chi connectivity index (χ1v) is 9.27. The number of carbonyl (C=O) groups is 3. The van der Waals surface area contributed by atoms with Gasteiger partial charge >= 0.3 is 12.1 Å². The molecule has 7 heteroatoms. The average Bonchev–Trinajstić information content (AvgIpc) is 2.61. The van der Waals surface area contributed by atoms with E-state index in [9.17, 15) is 14.4 Å². The summed E-state index contributed by atoms with van der Waals surface area (Å²) in [5.41, 5.74) is 1.47. The van der Waals surface area contributed by atoms with E-state index in [4.69, 9.17) is 9.47 Å². The molecule has 0 aromatic heterocycles. The normalized spacial score (nSPS) is 13.5. The zero-order chi connectivity index (χ0) is 19.9. The van der Waals surface area contributed by atoms with Crippen LogP contribution in [0.2, 0.25) is 0 Å². The van der Waals surface area contributed by atoms with E-state index in [2.05, 4.69) is 5.32 Å². The Morgan fingerprint density at radius 1 is 1.19 bits per heavy atom. The third kappa shape index (κ3) is 6.92. The Morgan fingerprint density at radius 3 is 2.67 bits per heavy atom. The van der Waals surface area contributed by atoms with Crippen LogP contribution in [0.4, 0.5) is 10.5 Å². The van der Waals surface area contributed by atoms with Crippen molar-refractivity contribution in [1.29, 1.82) is 0 Å². The summed E-state index contributed by atoms with van der Waals surface area (Å²) in [7, 11) is 0. The molecular weight excluding hydrogens is 348 g/mol. The molecule has 2 rings (SSSR count). The molecule has 1 aliphatic rings. The number of carbonyl (C=O) groups excluding carboxylic acids is 3. The number of nitrogens with one attached hydrogen (secondary N) is 1. The number of rotatable bonds is 6. The molecule has 0 spiro atoms. The van der Waals surface area contributed by atoms with Gasteiger partial charge in [0.2, 0.25) is 0 Å². The van der Waals surface area contributed by atoms with Crippen LogP contribution in [-0.4, -0.2) is 43.3 Å². The molecule has 1 heterocycles. The van der Waals surface area contributed by atoms with Gasteiger partial charge in [-0.25, -0.2) is 4.79 Å². The van der Waals surface area contributed by atoms with Gasteiger partial charge in [-0.1, -0.05) is 18.2 Å². The lowest BCUT2D eigenvalue weighted by Gasteiger charge is -2.29. The van der Waals surface area contributed by atoms with Gasteiger partial charge in [-0.2, -0.15) is 0 Å². The highest BCUT2D eigenvalue weighted by molar-refractivity contribution is 5.96. The first-order chi connectivity index (χ1) is 12.8. The van der Waals surface area contributed by atoms with Gasteiger partial charge in [0, 0.05) is 25.2 Å². The predicted molar refractivity (Wildman–Crippen MR) is 102 cm³/mol. The van der Waals surface area contributed by atoms with Gasteiger partial charge in [-0.3, -0.25) is 9.59 Å². The quantitative estimate of drug-likeness (QED) is 0.610. The minimum absolute atomic E-state index is 0.125. The van der Waals surface area contributed by atoms with Crippen molar-refractivity contribution in [2.75, 3.05) is 24.6 Å². The van der Waals surface area contributed by atoms with Crippen LogP contribution >= 0.6 is 0 Å². The van der Waals surface area contributed by atoms with Crippen molar-refractivity contribution in [1.82, 2.24) is 5.32 Å². The topological polar surface area (TPSA) is 84.9 Å². The molecule has 1 aromatic rings. The van der Waals surface area contributed by atoms with Crippen LogP contribution in [0.1, 0.15) is 45.6 Å². The molecule has 1 aromatic carbocycles. The lowest BCUT2D eigenvalue weighted by molar-refractivity contribution is -0.147. The Hall–Kier alpha value is -2.57. The number of ether oxygens (including phenoxy) is 2. The maximum Gasteiger partial charge on any atom is 0.407 e. The van der Waals surface area contributed by atoms with Gasteiger partial charge in [0.15, 0.2) is 6.61 Å². The lowest BCUT2D eigenvalue weighted by atomic mass is 10.0. The Kier molecular flexibility index (Phi) is 7.21. The Bertz CT molecular complexity index is 681. The van der Waals surface area contributed by atoms with Crippen LogP contribution in [0.3, 0.4) is 0 Å². The summed E-state index contributed by atoms with van der Waals surface area (Å²) in [4.78, 5) is 37.4. The van der Waals surface area contributed by atoms with Gasteiger partial charge in [-0.15, -0.1) is 0 Å². The summed E-state index contributed by atoms with van der Waals surface area (Å²) in [5, 5.41) is 2.58. The van der Waals surface area contributed by atoms with E-state index in [-0.39, 0.29) is 18.9 Å². The number of esters is 1. The van der Waals surface area contributed by atoms with Crippen LogP contribution in [0.15, 0.2) is 24.3 Å². The molecule has 0 saturated heterocycles. The maximum absolute atomic E-state index is 12.4. The Balaban J connectivity index is 1.67. The van der Waals surface area contributed by atoms with Crippen molar-refractivity contribution < 1.29 is 23.9 Å². The number of anilines is 1. The molecule has 0 saturated carbocycles. The number of alkyl carbamates (subject to hydrolysis) is 1. The number of nitrogens with zero attached hydrogens (tertiary/aromatic N) is 1. The average molecular weight is 376 g/mol. The number of para-hydroxylation sites is 1. The summed E-state index contributed by atoms with van der Waals surface area (Å²) in [5.74, 6) is -0.679. The summed E-state index contributed by atoms with van der Waals surface area (Å²) >= 11 is 0. The monoisotopic (exact) mass is 376 g/mol. The molecule has 1 N–H and O–H groups in total. The second kappa shape index (κ2) is 9.39. The summed E-state index contributed by atoms with van der Waals surface area (Å²) in [6.07, 6.45) is 1.87.